The minimum Gasteiger partial charge on any atom is -0.504 e. The van der Waals surface area contributed by atoms with Crippen LogP contribution < -0.4 is 9.47 Å². The number of nitrogens with zero attached hydrogens (tertiary/aromatic N) is 1. The highest BCUT2D eigenvalue weighted by Gasteiger charge is 2.48. The summed E-state index contributed by atoms with van der Waals surface area (Å²) in [7, 11) is 1.59. The number of hydrogen-bond donors (Lipinski definition) is 1. The van der Waals surface area contributed by atoms with E-state index in [1.807, 2.05) is 13.8 Å². The van der Waals surface area contributed by atoms with Crippen molar-refractivity contribution in [2.24, 2.45) is 0 Å². The number of hydrogen-bond acceptors (Lipinski definition) is 6. The second-order valence-corrected chi connectivity index (χ2v) is 6.14. The van der Waals surface area contributed by atoms with Crippen LogP contribution in [0.4, 0.5) is 0 Å². The molecule has 2 aromatic heterocycles. The number of methoxy groups -OCH3 is 1. The van der Waals surface area contributed by atoms with Crippen LogP contribution in [0.5, 0.6) is 17.2 Å². The summed E-state index contributed by atoms with van der Waals surface area (Å²) in [6, 6.07) is 5.08. The second-order valence-electron chi connectivity index (χ2n) is 6.14. The number of aromatic nitrogens is 1. The van der Waals surface area contributed by atoms with Crippen LogP contribution in [0.3, 0.4) is 0 Å². The molecule has 23 heavy (non-hydrogen) atoms. The third kappa shape index (κ3) is 2.26. The summed E-state index contributed by atoms with van der Waals surface area (Å²) in [4.78, 5) is 4.39. The van der Waals surface area contributed by atoms with Crippen LogP contribution in [0.15, 0.2) is 28.9 Å². The molecule has 0 radical (unpaired) electrons. The molecule has 1 aliphatic rings. The third-order valence-electron chi connectivity index (χ3n) is 4.19. The lowest BCUT2D eigenvalue weighted by Gasteiger charge is -2.11. The molecule has 1 atom stereocenters. The van der Waals surface area contributed by atoms with Gasteiger partial charge in [0.2, 0.25) is 5.71 Å². The Morgan fingerprint density at radius 2 is 2.09 bits per heavy atom. The number of phenolic OH excluding ortho intramolecular Hbond substituents is 1. The Morgan fingerprint density at radius 3 is 2.78 bits per heavy atom. The Morgan fingerprint density at radius 1 is 1.30 bits per heavy atom. The fourth-order valence-corrected chi connectivity index (χ4v) is 2.72. The highest BCUT2D eigenvalue weighted by molar-refractivity contribution is 6.00. The zero-order chi connectivity index (χ0) is 16.2. The topological polar surface area (TPSA) is 77.2 Å². The molecule has 6 heteroatoms. The zero-order valence-corrected chi connectivity index (χ0v) is 13.1. The summed E-state index contributed by atoms with van der Waals surface area (Å²) in [5, 5.41) is 11.7. The second kappa shape index (κ2) is 4.76. The SMILES string of the molecule is COc1c2cc(OCC3OC3(C)C)c(O)cc2nc2occc12. The molecule has 1 unspecified atom stereocenters. The summed E-state index contributed by atoms with van der Waals surface area (Å²) in [5.41, 5.74) is 0.891. The summed E-state index contributed by atoms with van der Waals surface area (Å²) in [5.74, 6) is 1.05. The molecule has 120 valence electrons. The van der Waals surface area contributed by atoms with Gasteiger partial charge in [-0.1, -0.05) is 0 Å². The van der Waals surface area contributed by atoms with E-state index in [0.29, 0.717) is 29.3 Å². The first kappa shape index (κ1) is 14.1. The monoisotopic (exact) mass is 315 g/mol. The Labute approximate surface area is 132 Å². The van der Waals surface area contributed by atoms with Crippen LogP contribution in [0.1, 0.15) is 13.8 Å². The molecule has 1 aliphatic heterocycles. The number of fused-ring (bicyclic) bond motifs is 2. The van der Waals surface area contributed by atoms with Crippen LogP contribution in [-0.4, -0.2) is 35.5 Å². The molecule has 1 N–H and O–H groups in total. The largest absolute Gasteiger partial charge is 0.504 e. The number of epoxide rings is 1. The molecule has 0 amide bonds. The molecule has 4 rings (SSSR count). The van der Waals surface area contributed by atoms with Crippen molar-refractivity contribution >= 4 is 22.0 Å². The number of phenols is 1. The number of aromatic hydroxyl groups is 1. The van der Waals surface area contributed by atoms with E-state index in [4.69, 9.17) is 18.6 Å². The van der Waals surface area contributed by atoms with E-state index < -0.39 is 0 Å². The van der Waals surface area contributed by atoms with Gasteiger partial charge in [0.15, 0.2) is 11.5 Å². The number of benzene rings is 1. The van der Waals surface area contributed by atoms with E-state index in [1.165, 1.54) is 0 Å². The number of ether oxygens (including phenoxy) is 3. The Balaban J connectivity index is 1.77. The molecule has 1 saturated heterocycles. The van der Waals surface area contributed by atoms with Crippen molar-refractivity contribution in [1.82, 2.24) is 4.98 Å². The van der Waals surface area contributed by atoms with Gasteiger partial charge in [-0.05, 0) is 26.0 Å². The molecule has 1 fully saturated rings. The third-order valence-corrected chi connectivity index (χ3v) is 4.19. The van der Waals surface area contributed by atoms with E-state index in [2.05, 4.69) is 4.98 Å². The first-order chi connectivity index (χ1) is 11.0. The molecule has 0 aliphatic carbocycles. The molecular weight excluding hydrogens is 298 g/mol. The average molecular weight is 315 g/mol. The summed E-state index contributed by atoms with van der Waals surface area (Å²) in [6.45, 7) is 4.39. The molecule has 3 heterocycles. The van der Waals surface area contributed by atoms with Crippen molar-refractivity contribution in [3.8, 4) is 17.2 Å². The summed E-state index contributed by atoms with van der Waals surface area (Å²) in [6.07, 6.45) is 1.59. The highest BCUT2D eigenvalue weighted by Crippen LogP contribution is 2.40. The van der Waals surface area contributed by atoms with Gasteiger partial charge in [-0.25, -0.2) is 4.98 Å². The summed E-state index contributed by atoms with van der Waals surface area (Å²) < 4.78 is 22.0. The molecule has 1 aromatic carbocycles. The van der Waals surface area contributed by atoms with Gasteiger partial charge in [0, 0.05) is 11.5 Å². The molecule has 0 spiro atoms. The van der Waals surface area contributed by atoms with Crippen LogP contribution in [0.25, 0.3) is 22.0 Å². The Bertz CT molecular complexity index is 899. The minimum absolute atomic E-state index is 0.0245. The minimum atomic E-state index is -0.158. The maximum Gasteiger partial charge on any atom is 0.230 e. The van der Waals surface area contributed by atoms with E-state index in [9.17, 15) is 5.11 Å². The zero-order valence-electron chi connectivity index (χ0n) is 13.1. The maximum atomic E-state index is 10.2. The fourth-order valence-electron chi connectivity index (χ4n) is 2.72. The van der Waals surface area contributed by atoms with Gasteiger partial charge in [0.1, 0.15) is 18.5 Å². The Hall–Kier alpha value is -2.47. The quantitative estimate of drug-likeness (QED) is 0.745. The van der Waals surface area contributed by atoms with Crippen molar-refractivity contribution in [1.29, 1.82) is 0 Å². The van der Waals surface area contributed by atoms with Gasteiger partial charge in [-0.15, -0.1) is 0 Å². The van der Waals surface area contributed by atoms with Crippen LogP contribution in [0, 0.1) is 0 Å². The van der Waals surface area contributed by atoms with Crippen LogP contribution >= 0.6 is 0 Å². The average Bonchev–Trinajstić information content (AvgIpc) is 2.91. The molecule has 3 aromatic rings. The van der Waals surface area contributed by atoms with Gasteiger partial charge >= 0.3 is 0 Å². The predicted molar refractivity (Wildman–Crippen MR) is 84.2 cm³/mol. The predicted octanol–water partition coefficient (Wildman–Crippen LogP) is 3.25. The van der Waals surface area contributed by atoms with Gasteiger partial charge in [-0.2, -0.15) is 0 Å². The Kier molecular flexibility index (Phi) is 2.93. The summed E-state index contributed by atoms with van der Waals surface area (Å²) >= 11 is 0. The van der Waals surface area contributed by atoms with E-state index in [0.717, 1.165) is 10.8 Å². The molecule has 0 saturated carbocycles. The standard InChI is InChI=1S/C17H17NO5/c1-17(2)14(23-17)8-22-13-6-10-11(7-12(13)19)18-16-9(4-5-21-16)15(10)20-3/h4-7,14,19H,8H2,1-3H3. The lowest BCUT2D eigenvalue weighted by Crippen LogP contribution is -2.12. The lowest BCUT2D eigenvalue weighted by atomic mass is 10.1. The van der Waals surface area contributed by atoms with Gasteiger partial charge in [0.25, 0.3) is 0 Å². The smallest absolute Gasteiger partial charge is 0.230 e. The number of furan rings is 1. The van der Waals surface area contributed by atoms with Crippen LogP contribution in [0.2, 0.25) is 0 Å². The van der Waals surface area contributed by atoms with Crippen molar-refractivity contribution in [3.63, 3.8) is 0 Å². The van der Waals surface area contributed by atoms with Crippen LogP contribution in [-0.2, 0) is 4.74 Å². The van der Waals surface area contributed by atoms with Gasteiger partial charge < -0.3 is 23.7 Å². The van der Waals surface area contributed by atoms with E-state index >= 15 is 0 Å². The van der Waals surface area contributed by atoms with Crippen molar-refractivity contribution in [2.75, 3.05) is 13.7 Å². The number of rotatable bonds is 4. The van der Waals surface area contributed by atoms with Crippen molar-refractivity contribution in [3.05, 3.63) is 24.5 Å². The lowest BCUT2D eigenvalue weighted by molar-refractivity contribution is 0.247. The normalized spacial score (nSPS) is 19.2. The number of pyridine rings is 1. The van der Waals surface area contributed by atoms with E-state index in [1.54, 1.807) is 31.6 Å². The fraction of sp³-hybridized carbons (Fsp3) is 0.353. The molecule has 6 nitrogen and oxygen atoms in total. The highest BCUT2D eigenvalue weighted by atomic mass is 16.6. The molecular formula is C17H17NO5. The first-order valence-corrected chi connectivity index (χ1v) is 7.38. The van der Waals surface area contributed by atoms with Gasteiger partial charge in [0.05, 0.1) is 29.9 Å². The first-order valence-electron chi connectivity index (χ1n) is 7.38. The van der Waals surface area contributed by atoms with Gasteiger partial charge in [-0.3, -0.25) is 0 Å². The maximum absolute atomic E-state index is 10.2. The molecule has 0 bridgehead atoms. The van der Waals surface area contributed by atoms with Crippen molar-refractivity contribution in [2.45, 2.75) is 25.6 Å². The van der Waals surface area contributed by atoms with Crippen molar-refractivity contribution < 1.29 is 23.7 Å². The van der Waals surface area contributed by atoms with E-state index in [-0.39, 0.29) is 17.5 Å².